The van der Waals surface area contributed by atoms with Crippen molar-refractivity contribution in [1.82, 2.24) is 9.97 Å². The summed E-state index contributed by atoms with van der Waals surface area (Å²) in [6, 6.07) is 2.18. The zero-order valence-corrected chi connectivity index (χ0v) is 11.3. The number of rotatable bonds is 4. The van der Waals surface area contributed by atoms with Crippen molar-refractivity contribution in [2.45, 2.75) is 57.3 Å². The third-order valence-electron chi connectivity index (χ3n) is 3.65. The van der Waals surface area contributed by atoms with Crippen molar-refractivity contribution in [2.75, 3.05) is 5.32 Å². The first kappa shape index (κ1) is 12.2. The monoisotopic (exact) mass is 267 g/mol. The number of nitrogens with zero attached hydrogens (tertiary/aromatic N) is 2. The molecule has 1 aromatic heterocycles. The smallest absolute Gasteiger partial charge is 0.134 e. The van der Waals surface area contributed by atoms with Gasteiger partial charge in [-0.15, -0.1) is 0 Å². The molecule has 1 N–H and O–H groups in total. The summed E-state index contributed by atoms with van der Waals surface area (Å²) in [5.41, 5.74) is 0. The lowest BCUT2D eigenvalue weighted by Crippen LogP contribution is -2.31. The van der Waals surface area contributed by atoms with Gasteiger partial charge in [0.25, 0.3) is 0 Å². The van der Waals surface area contributed by atoms with Crippen LogP contribution in [0.2, 0.25) is 5.15 Å². The maximum absolute atomic E-state index is 6.03. The fourth-order valence-electron chi connectivity index (χ4n) is 2.85. The number of hydrogen-bond acceptors (Lipinski definition) is 4. The average molecular weight is 268 g/mol. The predicted molar refractivity (Wildman–Crippen MR) is 71.0 cm³/mol. The van der Waals surface area contributed by atoms with Crippen LogP contribution in [-0.4, -0.2) is 28.2 Å². The maximum Gasteiger partial charge on any atom is 0.134 e. The first-order valence-electron chi connectivity index (χ1n) is 6.70. The van der Waals surface area contributed by atoms with E-state index >= 15 is 0 Å². The van der Waals surface area contributed by atoms with Crippen molar-refractivity contribution in [1.29, 1.82) is 0 Å². The van der Waals surface area contributed by atoms with E-state index in [1.165, 1.54) is 6.42 Å². The quantitative estimate of drug-likeness (QED) is 0.852. The molecule has 5 heteroatoms. The van der Waals surface area contributed by atoms with Gasteiger partial charge in [0.2, 0.25) is 0 Å². The van der Waals surface area contributed by atoms with Gasteiger partial charge >= 0.3 is 0 Å². The van der Waals surface area contributed by atoms with Gasteiger partial charge in [0.05, 0.1) is 18.2 Å². The van der Waals surface area contributed by atoms with Crippen LogP contribution in [0.5, 0.6) is 0 Å². The highest BCUT2D eigenvalue weighted by atomic mass is 35.5. The molecule has 0 saturated carbocycles. The van der Waals surface area contributed by atoms with E-state index in [4.69, 9.17) is 16.3 Å². The Morgan fingerprint density at radius 1 is 1.44 bits per heavy atom. The van der Waals surface area contributed by atoms with Gasteiger partial charge in [-0.1, -0.05) is 18.5 Å². The second kappa shape index (κ2) is 5.02. The van der Waals surface area contributed by atoms with Gasteiger partial charge in [-0.2, -0.15) is 0 Å². The molecule has 0 radical (unpaired) electrons. The molecule has 4 nitrogen and oxygen atoms in total. The number of anilines is 1. The number of aromatic nitrogens is 2. The van der Waals surface area contributed by atoms with Gasteiger partial charge in [0.15, 0.2) is 0 Å². The molecule has 98 valence electrons. The molecular weight excluding hydrogens is 250 g/mol. The molecule has 2 aliphatic rings. The first-order valence-corrected chi connectivity index (χ1v) is 7.08. The van der Waals surface area contributed by atoms with Gasteiger partial charge in [-0.25, -0.2) is 9.97 Å². The van der Waals surface area contributed by atoms with E-state index in [9.17, 15) is 0 Å². The van der Waals surface area contributed by atoms with Crippen molar-refractivity contribution in [3.63, 3.8) is 0 Å². The average Bonchev–Trinajstić information content (AvgIpc) is 2.90. The van der Waals surface area contributed by atoms with Crippen LogP contribution in [-0.2, 0) is 11.2 Å². The summed E-state index contributed by atoms with van der Waals surface area (Å²) in [5.74, 6) is 1.65. The van der Waals surface area contributed by atoms with Crippen LogP contribution in [0.3, 0.4) is 0 Å². The largest absolute Gasteiger partial charge is 0.373 e. The predicted octanol–water partition coefficient (Wildman–Crippen LogP) is 2.81. The molecular formula is C13H18ClN3O. The number of ether oxygens (including phenoxy) is 1. The standard InChI is InChI=1S/C13H18ClN3O/c1-2-3-12-16-11(14)7-13(17-12)15-9-6-8-4-5-10(9)18-8/h7-10H,2-6H2,1H3,(H,15,16,17). The Kier molecular flexibility index (Phi) is 3.39. The van der Waals surface area contributed by atoms with E-state index in [0.29, 0.717) is 23.4 Å². The number of nitrogens with one attached hydrogen (secondary N) is 1. The number of aryl methyl sites for hydroxylation is 1. The van der Waals surface area contributed by atoms with E-state index in [0.717, 1.165) is 37.3 Å². The van der Waals surface area contributed by atoms with Crippen molar-refractivity contribution in [2.24, 2.45) is 0 Å². The number of hydrogen-bond donors (Lipinski definition) is 1. The first-order chi connectivity index (χ1) is 8.74. The summed E-state index contributed by atoms with van der Waals surface area (Å²) in [6.45, 7) is 2.11. The molecule has 0 amide bonds. The Labute approximate surface area is 112 Å². The van der Waals surface area contributed by atoms with Crippen molar-refractivity contribution < 1.29 is 4.74 Å². The second-order valence-electron chi connectivity index (χ2n) is 5.10. The lowest BCUT2D eigenvalue weighted by atomic mass is 9.95. The Morgan fingerprint density at radius 3 is 3.00 bits per heavy atom. The third-order valence-corrected chi connectivity index (χ3v) is 3.85. The summed E-state index contributed by atoms with van der Waals surface area (Å²) in [7, 11) is 0. The molecule has 0 aliphatic carbocycles. The molecule has 1 aromatic rings. The van der Waals surface area contributed by atoms with Gasteiger partial charge in [0.1, 0.15) is 16.8 Å². The minimum atomic E-state index is 0.346. The van der Waals surface area contributed by atoms with Crippen LogP contribution in [0.1, 0.15) is 38.4 Å². The maximum atomic E-state index is 6.03. The van der Waals surface area contributed by atoms with E-state index in [2.05, 4.69) is 22.2 Å². The molecule has 18 heavy (non-hydrogen) atoms. The third kappa shape index (κ3) is 2.45. The molecule has 2 fully saturated rings. The summed E-state index contributed by atoms with van der Waals surface area (Å²) in [4.78, 5) is 8.74. The Morgan fingerprint density at radius 2 is 2.33 bits per heavy atom. The molecule has 0 spiro atoms. The zero-order chi connectivity index (χ0) is 12.5. The highest BCUT2D eigenvalue weighted by molar-refractivity contribution is 6.29. The molecule has 3 atom stereocenters. The van der Waals surface area contributed by atoms with Crippen LogP contribution in [0, 0.1) is 0 Å². The van der Waals surface area contributed by atoms with Crippen LogP contribution in [0.25, 0.3) is 0 Å². The normalized spacial score (nSPS) is 29.8. The lowest BCUT2D eigenvalue weighted by Gasteiger charge is -2.20. The highest BCUT2D eigenvalue weighted by Gasteiger charge is 2.40. The molecule has 3 unspecified atom stereocenters. The van der Waals surface area contributed by atoms with Gasteiger partial charge < -0.3 is 10.1 Å². The molecule has 0 aromatic carbocycles. The summed E-state index contributed by atoms with van der Waals surface area (Å²) in [5, 5.41) is 3.97. The fraction of sp³-hybridized carbons (Fsp3) is 0.692. The van der Waals surface area contributed by atoms with E-state index < -0.39 is 0 Å². The number of halogens is 1. The molecule has 2 bridgehead atoms. The van der Waals surface area contributed by atoms with Crippen LogP contribution < -0.4 is 5.32 Å². The van der Waals surface area contributed by atoms with Crippen LogP contribution in [0.15, 0.2) is 6.07 Å². The summed E-state index contributed by atoms with van der Waals surface area (Å²) < 4.78 is 5.83. The van der Waals surface area contributed by atoms with Gasteiger partial charge in [-0.05, 0) is 25.7 Å². The molecule has 3 heterocycles. The Bertz CT molecular complexity index is 440. The Balaban J connectivity index is 1.72. The van der Waals surface area contributed by atoms with Crippen LogP contribution >= 0.6 is 11.6 Å². The van der Waals surface area contributed by atoms with Gasteiger partial charge in [-0.3, -0.25) is 0 Å². The van der Waals surface area contributed by atoms with E-state index in [-0.39, 0.29) is 0 Å². The van der Waals surface area contributed by atoms with Crippen molar-refractivity contribution in [3.05, 3.63) is 17.0 Å². The second-order valence-corrected chi connectivity index (χ2v) is 5.49. The van der Waals surface area contributed by atoms with Crippen molar-refractivity contribution >= 4 is 17.4 Å². The SMILES string of the molecule is CCCc1nc(Cl)cc(NC2CC3CCC2O3)n1. The lowest BCUT2D eigenvalue weighted by molar-refractivity contribution is 0.102. The summed E-state index contributed by atoms with van der Waals surface area (Å²) >= 11 is 6.03. The summed E-state index contributed by atoms with van der Waals surface area (Å²) in [6.07, 6.45) is 6.12. The number of fused-ring (bicyclic) bond motifs is 2. The minimum Gasteiger partial charge on any atom is -0.373 e. The van der Waals surface area contributed by atoms with E-state index in [1.54, 1.807) is 6.07 Å². The minimum absolute atomic E-state index is 0.346. The van der Waals surface area contributed by atoms with E-state index in [1.807, 2.05) is 0 Å². The fourth-order valence-corrected chi connectivity index (χ4v) is 3.05. The zero-order valence-electron chi connectivity index (χ0n) is 10.5. The Hall–Kier alpha value is -0.870. The van der Waals surface area contributed by atoms with Gasteiger partial charge in [0, 0.05) is 12.5 Å². The van der Waals surface area contributed by atoms with Crippen molar-refractivity contribution in [3.8, 4) is 0 Å². The topological polar surface area (TPSA) is 47.0 Å². The molecule has 2 saturated heterocycles. The molecule has 2 aliphatic heterocycles. The molecule has 3 rings (SSSR count). The van der Waals surface area contributed by atoms with Crippen LogP contribution in [0.4, 0.5) is 5.82 Å². The highest BCUT2D eigenvalue weighted by Crippen LogP contribution is 2.35.